The predicted octanol–water partition coefficient (Wildman–Crippen LogP) is 3.70. The summed E-state index contributed by atoms with van der Waals surface area (Å²) in [5.74, 6) is -0.380. The standard InChI is InChI=1S/C19H20Cl2N2O2/c1-13(19(25)22-2)23(12-15-5-3-4-6-17(15)21)18(24)11-14-7-9-16(20)10-8-14/h3-10,13H,11-12H2,1-2H3,(H,22,25). The van der Waals surface area contributed by atoms with Crippen LogP contribution in [0.5, 0.6) is 0 Å². The first-order chi connectivity index (χ1) is 11.9. The summed E-state index contributed by atoms with van der Waals surface area (Å²) in [5.41, 5.74) is 1.63. The summed E-state index contributed by atoms with van der Waals surface area (Å²) in [7, 11) is 1.55. The van der Waals surface area contributed by atoms with Crippen LogP contribution in [0.4, 0.5) is 0 Å². The van der Waals surface area contributed by atoms with Gasteiger partial charge in [-0.3, -0.25) is 9.59 Å². The molecule has 0 aliphatic carbocycles. The van der Waals surface area contributed by atoms with E-state index < -0.39 is 6.04 Å². The topological polar surface area (TPSA) is 49.4 Å². The van der Waals surface area contributed by atoms with Gasteiger partial charge in [-0.25, -0.2) is 0 Å². The lowest BCUT2D eigenvalue weighted by Gasteiger charge is -2.28. The lowest BCUT2D eigenvalue weighted by Crippen LogP contribution is -2.47. The fourth-order valence-electron chi connectivity index (χ4n) is 2.48. The van der Waals surface area contributed by atoms with Gasteiger partial charge in [0.15, 0.2) is 0 Å². The van der Waals surface area contributed by atoms with Gasteiger partial charge in [-0.05, 0) is 36.2 Å². The number of nitrogens with one attached hydrogen (secondary N) is 1. The minimum atomic E-state index is -0.610. The van der Waals surface area contributed by atoms with Crippen LogP contribution in [0.2, 0.25) is 10.0 Å². The molecule has 0 aliphatic heterocycles. The van der Waals surface area contributed by atoms with Crippen molar-refractivity contribution >= 4 is 35.0 Å². The van der Waals surface area contributed by atoms with Crippen LogP contribution in [0.1, 0.15) is 18.1 Å². The molecule has 0 bridgehead atoms. The molecule has 2 aromatic carbocycles. The van der Waals surface area contributed by atoms with E-state index in [4.69, 9.17) is 23.2 Å². The van der Waals surface area contributed by atoms with Gasteiger partial charge in [0.1, 0.15) is 6.04 Å². The molecule has 6 heteroatoms. The lowest BCUT2D eigenvalue weighted by atomic mass is 10.1. The Balaban J connectivity index is 2.23. The van der Waals surface area contributed by atoms with E-state index in [1.807, 2.05) is 18.2 Å². The SMILES string of the molecule is CNC(=O)C(C)N(Cc1ccccc1Cl)C(=O)Cc1ccc(Cl)cc1. The van der Waals surface area contributed by atoms with Crippen LogP contribution >= 0.6 is 23.2 Å². The molecule has 25 heavy (non-hydrogen) atoms. The summed E-state index contributed by atoms with van der Waals surface area (Å²) in [6.07, 6.45) is 0.183. The van der Waals surface area contributed by atoms with Gasteiger partial charge >= 0.3 is 0 Å². The molecule has 2 aromatic rings. The third kappa shape index (κ3) is 5.21. The monoisotopic (exact) mass is 378 g/mol. The molecular weight excluding hydrogens is 359 g/mol. The molecule has 1 unspecified atom stereocenters. The Morgan fingerprint density at radius 2 is 1.72 bits per heavy atom. The number of hydrogen-bond acceptors (Lipinski definition) is 2. The first-order valence-corrected chi connectivity index (χ1v) is 8.67. The number of rotatable bonds is 6. The zero-order valence-corrected chi connectivity index (χ0v) is 15.6. The third-order valence-corrected chi connectivity index (χ3v) is 4.60. The molecule has 0 radical (unpaired) electrons. The second-order valence-corrected chi connectivity index (χ2v) is 6.55. The second-order valence-electron chi connectivity index (χ2n) is 5.71. The van der Waals surface area contributed by atoms with E-state index in [0.717, 1.165) is 11.1 Å². The van der Waals surface area contributed by atoms with E-state index in [2.05, 4.69) is 5.32 Å². The third-order valence-electron chi connectivity index (χ3n) is 3.98. The zero-order chi connectivity index (χ0) is 18.4. The van der Waals surface area contributed by atoms with Crippen molar-refractivity contribution in [2.24, 2.45) is 0 Å². The molecule has 0 spiro atoms. The van der Waals surface area contributed by atoms with Gasteiger partial charge < -0.3 is 10.2 Å². The highest BCUT2D eigenvalue weighted by molar-refractivity contribution is 6.31. The highest BCUT2D eigenvalue weighted by Gasteiger charge is 2.26. The molecule has 0 saturated carbocycles. The van der Waals surface area contributed by atoms with Gasteiger partial charge in [0.05, 0.1) is 6.42 Å². The minimum absolute atomic E-state index is 0.154. The summed E-state index contributed by atoms with van der Waals surface area (Å²) in [6.45, 7) is 1.97. The molecule has 0 heterocycles. The van der Waals surface area contributed by atoms with Crippen molar-refractivity contribution in [3.63, 3.8) is 0 Å². The molecule has 0 fully saturated rings. The summed E-state index contributed by atoms with van der Waals surface area (Å²) in [6, 6.07) is 13.8. The van der Waals surface area contributed by atoms with Gasteiger partial charge in [-0.1, -0.05) is 53.5 Å². The van der Waals surface area contributed by atoms with Crippen LogP contribution in [0.25, 0.3) is 0 Å². The first-order valence-electron chi connectivity index (χ1n) is 7.91. The number of likely N-dealkylation sites (N-methyl/N-ethyl adjacent to an activating group) is 1. The number of carbonyl (C=O) groups excluding carboxylic acids is 2. The van der Waals surface area contributed by atoms with Crippen LogP contribution in [0, 0.1) is 0 Å². The van der Waals surface area contributed by atoms with E-state index in [-0.39, 0.29) is 24.8 Å². The molecule has 2 rings (SSSR count). The highest BCUT2D eigenvalue weighted by atomic mass is 35.5. The normalized spacial score (nSPS) is 11.7. The summed E-state index contributed by atoms with van der Waals surface area (Å²) in [5, 5.41) is 3.77. The molecule has 4 nitrogen and oxygen atoms in total. The molecule has 2 amide bonds. The van der Waals surface area contributed by atoms with Gasteiger partial charge in [-0.15, -0.1) is 0 Å². The predicted molar refractivity (Wildman–Crippen MR) is 101 cm³/mol. The number of hydrogen-bond donors (Lipinski definition) is 1. The van der Waals surface area contributed by atoms with Crippen molar-refractivity contribution in [2.75, 3.05) is 7.05 Å². The zero-order valence-electron chi connectivity index (χ0n) is 14.1. The largest absolute Gasteiger partial charge is 0.357 e. The van der Waals surface area contributed by atoms with Crippen LogP contribution < -0.4 is 5.32 Å². The Kier molecular flexibility index (Phi) is 6.85. The van der Waals surface area contributed by atoms with Crippen molar-refractivity contribution in [3.05, 3.63) is 69.7 Å². The van der Waals surface area contributed by atoms with E-state index in [1.54, 1.807) is 44.3 Å². The quantitative estimate of drug-likeness (QED) is 0.832. The lowest BCUT2D eigenvalue weighted by molar-refractivity contribution is -0.139. The van der Waals surface area contributed by atoms with E-state index in [9.17, 15) is 9.59 Å². The Morgan fingerprint density at radius 1 is 1.08 bits per heavy atom. The van der Waals surface area contributed by atoms with Crippen LogP contribution in [-0.4, -0.2) is 29.8 Å². The molecule has 1 N–H and O–H groups in total. The molecule has 0 aromatic heterocycles. The summed E-state index contributed by atoms with van der Waals surface area (Å²) >= 11 is 12.1. The van der Waals surface area contributed by atoms with Crippen molar-refractivity contribution in [3.8, 4) is 0 Å². The number of carbonyl (C=O) groups is 2. The Labute approximate surface area is 157 Å². The number of amides is 2. The van der Waals surface area contributed by atoms with Gasteiger partial charge in [0, 0.05) is 23.6 Å². The van der Waals surface area contributed by atoms with Gasteiger partial charge in [0.25, 0.3) is 0 Å². The number of halogens is 2. The fraction of sp³-hybridized carbons (Fsp3) is 0.263. The van der Waals surface area contributed by atoms with E-state index >= 15 is 0 Å². The van der Waals surface area contributed by atoms with Gasteiger partial charge in [-0.2, -0.15) is 0 Å². The highest BCUT2D eigenvalue weighted by Crippen LogP contribution is 2.20. The smallest absolute Gasteiger partial charge is 0.242 e. The number of nitrogens with zero attached hydrogens (tertiary/aromatic N) is 1. The van der Waals surface area contributed by atoms with Crippen molar-refractivity contribution in [1.29, 1.82) is 0 Å². The van der Waals surface area contributed by atoms with E-state index in [0.29, 0.717) is 10.0 Å². The van der Waals surface area contributed by atoms with E-state index in [1.165, 1.54) is 4.90 Å². The van der Waals surface area contributed by atoms with Crippen LogP contribution in [0.15, 0.2) is 48.5 Å². The molecule has 0 aliphatic rings. The Bertz CT molecular complexity index is 747. The minimum Gasteiger partial charge on any atom is -0.357 e. The molecule has 0 saturated heterocycles. The first kappa shape index (κ1) is 19.3. The van der Waals surface area contributed by atoms with Gasteiger partial charge in [0.2, 0.25) is 11.8 Å². The van der Waals surface area contributed by atoms with Crippen molar-refractivity contribution < 1.29 is 9.59 Å². The number of benzene rings is 2. The van der Waals surface area contributed by atoms with Crippen LogP contribution in [0.3, 0.4) is 0 Å². The molecule has 1 atom stereocenters. The molecule has 132 valence electrons. The maximum absolute atomic E-state index is 12.8. The average molecular weight is 379 g/mol. The fourth-order valence-corrected chi connectivity index (χ4v) is 2.80. The second kappa shape index (κ2) is 8.88. The maximum atomic E-state index is 12.8. The summed E-state index contributed by atoms with van der Waals surface area (Å²) < 4.78 is 0. The maximum Gasteiger partial charge on any atom is 0.242 e. The molecular formula is C19H20Cl2N2O2. The van der Waals surface area contributed by atoms with Crippen molar-refractivity contribution in [2.45, 2.75) is 25.9 Å². The van der Waals surface area contributed by atoms with Crippen LogP contribution in [-0.2, 0) is 22.6 Å². The van der Waals surface area contributed by atoms with Crippen molar-refractivity contribution in [1.82, 2.24) is 10.2 Å². The Morgan fingerprint density at radius 3 is 2.32 bits per heavy atom. The summed E-state index contributed by atoms with van der Waals surface area (Å²) in [4.78, 5) is 26.5. The average Bonchev–Trinajstić information content (AvgIpc) is 2.61. The Hall–Kier alpha value is -2.04.